The minimum Gasteiger partial charge on any atom is -0.465 e. The second kappa shape index (κ2) is 5.60. The van der Waals surface area contributed by atoms with E-state index in [1.807, 2.05) is 0 Å². The van der Waals surface area contributed by atoms with Crippen LogP contribution in [0.15, 0.2) is 0 Å². The molecule has 0 aromatic rings. The third-order valence-corrected chi connectivity index (χ3v) is 6.34. The Hall–Kier alpha value is -0.800. The number of ether oxygens (including phenoxy) is 1. The van der Waals surface area contributed by atoms with E-state index < -0.39 is 51.8 Å². The molecule has 6 nitrogen and oxygen atoms in total. The number of rotatable bonds is 6. The Morgan fingerprint density at radius 3 is 2.29 bits per heavy atom. The molecule has 4 saturated carbocycles. The Labute approximate surface area is 139 Å². The van der Waals surface area contributed by atoms with Gasteiger partial charge in [-0.15, -0.1) is 0 Å². The highest BCUT2D eigenvalue weighted by atomic mass is 32.2. The van der Waals surface area contributed by atoms with Crippen molar-refractivity contribution in [2.75, 3.05) is 12.4 Å². The van der Waals surface area contributed by atoms with Crippen LogP contribution in [0.4, 0.5) is 8.78 Å². The number of hydrogen-bond acceptors (Lipinski definition) is 5. The van der Waals surface area contributed by atoms with Gasteiger partial charge in [-0.3, -0.25) is 9.35 Å². The molecule has 0 heterocycles. The third-order valence-electron chi connectivity index (χ3n) is 5.56. The summed E-state index contributed by atoms with van der Waals surface area (Å²) in [6.45, 7) is -0.614. The first-order valence-electron chi connectivity index (χ1n) is 8.13. The van der Waals surface area contributed by atoms with Gasteiger partial charge in [0.2, 0.25) is 0 Å². The summed E-state index contributed by atoms with van der Waals surface area (Å²) in [5.41, 5.74) is -1.64. The average Bonchev–Trinajstić information content (AvgIpc) is 2.31. The highest BCUT2D eigenvalue weighted by Crippen LogP contribution is 2.61. The lowest BCUT2D eigenvalue weighted by molar-refractivity contribution is -0.197. The van der Waals surface area contributed by atoms with Gasteiger partial charge in [-0.05, 0) is 50.4 Å². The Bertz CT molecular complexity index is 618. The molecule has 2 unspecified atom stereocenters. The topological polar surface area (TPSA) is 101 Å². The van der Waals surface area contributed by atoms with Crippen LogP contribution in [-0.4, -0.2) is 47.9 Å². The predicted molar refractivity (Wildman–Crippen MR) is 79.0 cm³/mol. The van der Waals surface area contributed by atoms with E-state index in [1.54, 1.807) is 0 Å². The van der Waals surface area contributed by atoms with Crippen LogP contribution < -0.4 is 0 Å². The molecule has 4 aliphatic carbocycles. The number of alkyl halides is 2. The van der Waals surface area contributed by atoms with Crippen molar-refractivity contribution in [2.45, 2.75) is 56.5 Å². The largest absolute Gasteiger partial charge is 0.465 e. The fourth-order valence-corrected chi connectivity index (χ4v) is 5.92. The first kappa shape index (κ1) is 18.0. The summed E-state index contributed by atoms with van der Waals surface area (Å²) in [7, 11) is -4.80. The van der Waals surface area contributed by atoms with Crippen molar-refractivity contribution >= 4 is 16.1 Å². The van der Waals surface area contributed by atoms with Crippen LogP contribution in [0.5, 0.6) is 0 Å². The molecule has 4 rings (SSSR count). The van der Waals surface area contributed by atoms with E-state index in [4.69, 9.17) is 9.29 Å². The van der Waals surface area contributed by atoms with Gasteiger partial charge in [0.1, 0.15) is 5.75 Å². The van der Waals surface area contributed by atoms with Gasteiger partial charge in [-0.1, -0.05) is 0 Å². The van der Waals surface area contributed by atoms with Crippen molar-refractivity contribution in [1.82, 2.24) is 0 Å². The molecule has 4 fully saturated rings. The Balaban J connectivity index is 1.58. The predicted octanol–water partition coefficient (Wildman–Crippen LogP) is 1.77. The molecule has 9 heteroatoms. The Kier molecular flexibility index (Phi) is 4.20. The summed E-state index contributed by atoms with van der Waals surface area (Å²) in [5.74, 6) is -5.38. The highest BCUT2D eigenvalue weighted by Gasteiger charge is 2.60. The van der Waals surface area contributed by atoms with Crippen molar-refractivity contribution in [1.29, 1.82) is 0 Å². The average molecular weight is 368 g/mol. The summed E-state index contributed by atoms with van der Waals surface area (Å²) in [6, 6.07) is 0. The Morgan fingerprint density at radius 1 is 1.21 bits per heavy atom. The highest BCUT2D eigenvalue weighted by molar-refractivity contribution is 7.85. The zero-order chi connectivity index (χ0) is 17.8. The van der Waals surface area contributed by atoms with Gasteiger partial charge >= 0.3 is 5.97 Å². The van der Waals surface area contributed by atoms with Crippen molar-refractivity contribution < 1.29 is 36.4 Å². The normalized spacial score (nSPS) is 38.3. The van der Waals surface area contributed by atoms with E-state index >= 15 is 0 Å². The summed E-state index contributed by atoms with van der Waals surface area (Å²) in [4.78, 5) is 12.5. The minimum atomic E-state index is -4.80. The van der Waals surface area contributed by atoms with Crippen LogP contribution in [0, 0.1) is 17.3 Å². The molecule has 4 bridgehead atoms. The van der Waals surface area contributed by atoms with Gasteiger partial charge < -0.3 is 9.84 Å². The molecule has 2 N–H and O–H groups in total. The van der Waals surface area contributed by atoms with Gasteiger partial charge in [0.05, 0.1) is 17.6 Å². The van der Waals surface area contributed by atoms with Crippen molar-refractivity contribution in [2.24, 2.45) is 17.3 Å². The smallest absolute Gasteiger partial charge is 0.312 e. The second-order valence-electron chi connectivity index (χ2n) is 7.93. The summed E-state index contributed by atoms with van der Waals surface area (Å²) in [5, 5.41) is 10.6. The van der Waals surface area contributed by atoms with Crippen LogP contribution in [0.2, 0.25) is 0 Å². The molecule has 2 atom stereocenters. The van der Waals surface area contributed by atoms with E-state index in [-0.39, 0.29) is 11.8 Å². The monoisotopic (exact) mass is 368 g/mol. The van der Waals surface area contributed by atoms with Gasteiger partial charge in [0.25, 0.3) is 16.0 Å². The number of hydrogen-bond donors (Lipinski definition) is 2. The van der Waals surface area contributed by atoms with Gasteiger partial charge in [0, 0.05) is 6.42 Å². The number of aliphatic hydroxyl groups is 1. The quantitative estimate of drug-likeness (QED) is 0.547. The van der Waals surface area contributed by atoms with E-state index in [9.17, 15) is 27.1 Å². The van der Waals surface area contributed by atoms with E-state index in [2.05, 4.69) is 0 Å². The number of carbonyl (C=O) groups excluding carboxylic acids is 1. The maximum atomic E-state index is 13.4. The molecule has 0 saturated heterocycles. The number of halogens is 2. The summed E-state index contributed by atoms with van der Waals surface area (Å²) < 4.78 is 61.5. The number of esters is 1. The maximum Gasteiger partial charge on any atom is 0.312 e. The lowest BCUT2D eigenvalue weighted by Crippen LogP contribution is -2.58. The van der Waals surface area contributed by atoms with Crippen molar-refractivity contribution in [3.8, 4) is 0 Å². The molecular weight excluding hydrogens is 346 g/mol. The van der Waals surface area contributed by atoms with Crippen molar-refractivity contribution in [3.63, 3.8) is 0 Å². The third kappa shape index (κ3) is 3.72. The standard InChI is InChI=1S/C15H22F2O6S/c16-15(17,9-24(20,21)22)1-2-23-12(18)13-4-10-3-11(5-13)7-14(19,6-10)8-13/h10-11,19H,1-9H2,(H,20,21,22). The van der Waals surface area contributed by atoms with Gasteiger partial charge in [-0.2, -0.15) is 8.42 Å². The second-order valence-corrected chi connectivity index (χ2v) is 9.39. The minimum absolute atomic E-state index is 0.268. The van der Waals surface area contributed by atoms with Crippen LogP contribution in [-0.2, 0) is 19.6 Å². The van der Waals surface area contributed by atoms with Crippen LogP contribution >= 0.6 is 0 Å². The van der Waals surface area contributed by atoms with Crippen LogP contribution in [0.3, 0.4) is 0 Å². The molecule has 0 radical (unpaired) electrons. The van der Waals surface area contributed by atoms with E-state index in [0.717, 1.165) is 6.42 Å². The fraction of sp³-hybridized carbons (Fsp3) is 0.933. The molecule has 0 aliphatic heterocycles. The van der Waals surface area contributed by atoms with Gasteiger partial charge in [-0.25, -0.2) is 8.78 Å². The first-order valence-corrected chi connectivity index (χ1v) is 9.74. The molecule has 0 aromatic heterocycles. The van der Waals surface area contributed by atoms with Crippen molar-refractivity contribution in [3.05, 3.63) is 0 Å². The first-order chi connectivity index (χ1) is 10.9. The van der Waals surface area contributed by atoms with Crippen LogP contribution in [0.1, 0.15) is 44.9 Å². The molecular formula is C15H22F2O6S. The molecule has 0 spiro atoms. The van der Waals surface area contributed by atoms with Crippen LogP contribution in [0.25, 0.3) is 0 Å². The molecule has 138 valence electrons. The summed E-state index contributed by atoms with van der Waals surface area (Å²) in [6.07, 6.45) is 2.94. The molecule has 0 amide bonds. The molecule has 4 aliphatic rings. The van der Waals surface area contributed by atoms with Gasteiger partial charge in [0.15, 0.2) is 0 Å². The summed E-state index contributed by atoms with van der Waals surface area (Å²) >= 11 is 0. The maximum absolute atomic E-state index is 13.4. The SMILES string of the molecule is O=C(OCCC(F)(F)CS(=O)(=O)O)C12CC3CC(CC(O)(C3)C1)C2. The molecule has 0 aromatic carbocycles. The fourth-order valence-electron chi connectivity index (χ4n) is 5.24. The van der Waals surface area contributed by atoms with E-state index in [1.165, 1.54) is 0 Å². The Morgan fingerprint density at radius 2 is 1.79 bits per heavy atom. The zero-order valence-corrected chi connectivity index (χ0v) is 14.0. The van der Waals surface area contributed by atoms with E-state index in [0.29, 0.717) is 32.1 Å². The lowest BCUT2D eigenvalue weighted by Gasteiger charge is -2.58. The number of carbonyl (C=O) groups is 1. The zero-order valence-electron chi connectivity index (χ0n) is 13.2. The molecule has 24 heavy (non-hydrogen) atoms. The lowest BCUT2D eigenvalue weighted by atomic mass is 9.48.